The first-order chi connectivity index (χ1) is 10.6. The summed E-state index contributed by atoms with van der Waals surface area (Å²) in [6.07, 6.45) is 0.707. The number of carbonyl (C=O) groups is 1. The van der Waals surface area contributed by atoms with Crippen LogP contribution in [-0.2, 0) is 6.42 Å². The molecule has 3 aromatic heterocycles. The van der Waals surface area contributed by atoms with Crippen molar-refractivity contribution >= 4 is 34.3 Å². The second kappa shape index (κ2) is 6.02. The number of rotatable bonds is 4. The molecule has 3 aromatic rings. The third kappa shape index (κ3) is 2.82. The molecule has 114 valence electrons. The average Bonchev–Trinajstić information content (AvgIpc) is 3.19. The first-order valence-electron chi connectivity index (χ1n) is 6.87. The predicted molar refractivity (Wildman–Crippen MR) is 88.7 cm³/mol. The van der Waals surface area contributed by atoms with E-state index in [0.29, 0.717) is 18.1 Å². The molecule has 22 heavy (non-hydrogen) atoms. The zero-order valence-electron chi connectivity index (χ0n) is 12.5. The molecule has 0 saturated carbocycles. The Balaban J connectivity index is 1.83. The third-order valence-corrected chi connectivity index (χ3v) is 5.29. The van der Waals surface area contributed by atoms with Crippen LogP contribution in [0.1, 0.15) is 32.9 Å². The van der Waals surface area contributed by atoms with Crippen LogP contribution >= 0.6 is 22.7 Å². The van der Waals surface area contributed by atoms with Gasteiger partial charge in [-0.3, -0.25) is 4.79 Å². The lowest BCUT2D eigenvalue weighted by atomic mass is 10.2. The van der Waals surface area contributed by atoms with Crippen LogP contribution in [0.25, 0.3) is 10.7 Å². The molecule has 0 aromatic carbocycles. The van der Waals surface area contributed by atoms with Gasteiger partial charge < -0.3 is 9.84 Å². The zero-order valence-corrected chi connectivity index (χ0v) is 14.1. The van der Waals surface area contributed by atoms with E-state index in [1.54, 1.807) is 0 Å². The van der Waals surface area contributed by atoms with Crippen molar-refractivity contribution in [2.45, 2.75) is 27.2 Å². The predicted octanol–water partition coefficient (Wildman–Crippen LogP) is 4.29. The van der Waals surface area contributed by atoms with E-state index >= 15 is 0 Å². The van der Waals surface area contributed by atoms with E-state index < -0.39 is 0 Å². The second-order valence-corrected chi connectivity index (χ2v) is 7.01. The van der Waals surface area contributed by atoms with Crippen molar-refractivity contribution in [2.75, 3.05) is 5.32 Å². The highest BCUT2D eigenvalue weighted by Crippen LogP contribution is 2.33. The molecule has 0 aliphatic carbocycles. The van der Waals surface area contributed by atoms with Crippen LogP contribution in [0.2, 0.25) is 0 Å². The van der Waals surface area contributed by atoms with E-state index in [9.17, 15) is 4.79 Å². The fourth-order valence-corrected chi connectivity index (χ4v) is 3.72. The van der Waals surface area contributed by atoms with Crippen molar-refractivity contribution in [3.8, 4) is 10.7 Å². The molecule has 1 amide bonds. The summed E-state index contributed by atoms with van der Waals surface area (Å²) >= 11 is 2.98. The molecule has 0 aliphatic rings. The first-order valence-corrected chi connectivity index (χ1v) is 8.57. The summed E-state index contributed by atoms with van der Waals surface area (Å²) in [5.41, 5.74) is 1.78. The number of anilines is 1. The van der Waals surface area contributed by atoms with E-state index in [1.165, 1.54) is 22.7 Å². The maximum atomic E-state index is 12.3. The standard InChI is InChI=1S/C15H15N3O2S2/c1-4-12-17-14(18-20-12)11-7-10(9(3)22-11)16-15(19)13-8(2)5-6-21-13/h5-7H,4H2,1-3H3,(H,16,19). The van der Waals surface area contributed by atoms with Gasteiger partial charge in [-0.05, 0) is 36.9 Å². The summed E-state index contributed by atoms with van der Waals surface area (Å²) in [6.45, 7) is 5.86. The Morgan fingerprint density at radius 3 is 2.86 bits per heavy atom. The quantitative estimate of drug-likeness (QED) is 0.773. The number of amides is 1. The first kappa shape index (κ1) is 14.9. The number of carbonyl (C=O) groups excluding carboxylic acids is 1. The molecule has 7 heteroatoms. The number of hydrogen-bond donors (Lipinski definition) is 1. The largest absolute Gasteiger partial charge is 0.339 e. The Morgan fingerprint density at radius 1 is 1.41 bits per heavy atom. The monoisotopic (exact) mass is 333 g/mol. The number of hydrogen-bond acceptors (Lipinski definition) is 6. The highest BCUT2D eigenvalue weighted by atomic mass is 32.1. The van der Waals surface area contributed by atoms with Crippen LogP contribution in [0.5, 0.6) is 0 Å². The van der Waals surface area contributed by atoms with Crippen molar-refractivity contribution in [3.05, 3.63) is 38.7 Å². The normalized spacial score (nSPS) is 10.9. The van der Waals surface area contributed by atoms with Gasteiger partial charge in [0, 0.05) is 11.3 Å². The molecule has 0 radical (unpaired) electrons. The summed E-state index contributed by atoms with van der Waals surface area (Å²) in [7, 11) is 0. The fraction of sp³-hybridized carbons (Fsp3) is 0.267. The molecule has 0 spiro atoms. The minimum atomic E-state index is -0.0812. The minimum Gasteiger partial charge on any atom is -0.339 e. The highest BCUT2D eigenvalue weighted by molar-refractivity contribution is 7.16. The van der Waals surface area contributed by atoms with E-state index in [-0.39, 0.29) is 5.91 Å². The molecule has 5 nitrogen and oxygen atoms in total. The molecule has 0 saturated heterocycles. The van der Waals surface area contributed by atoms with Crippen LogP contribution in [0.15, 0.2) is 22.0 Å². The SMILES string of the molecule is CCc1nc(-c2cc(NC(=O)c3sccc3C)c(C)s2)no1. The fourth-order valence-electron chi connectivity index (χ4n) is 2.00. The topological polar surface area (TPSA) is 68.0 Å². The van der Waals surface area contributed by atoms with E-state index in [0.717, 1.165) is 25.9 Å². The van der Waals surface area contributed by atoms with Gasteiger partial charge in [-0.1, -0.05) is 12.1 Å². The molecule has 0 unspecified atom stereocenters. The molecule has 0 aliphatic heterocycles. The van der Waals surface area contributed by atoms with Crippen molar-refractivity contribution in [2.24, 2.45) is 0 Å². The number of nitrogens with zero attached hydrogens (tertiary/aromatic N) is 2. The second-order valence-electron chi connectivity index (χ2n) is 4.83. The maximum Gasteiger partial charge on any atom is 0.266 e. The maximum absolute atomic E-state index is 12.3. The minimum absolute atomic E-state index is 0.0812. The molecule has 0 fully saturated rings. The van der Waals surface area contributed by atoms with Crippen LogP contribution in [-0.4, -0.2) is 16.0 Å². The van der Waals surface area contributed by atoms with Crippen LogP contribution in [0.3, 0.4) is 0 Å². The molecular formula is C15H15N3O2S2. The van der Waals surface area contributed by atoms with Gasteiger partial charge in [0.15, 0.2) is 0 Å². The Hall–Kier alpha value is -1.99. The molecule has 3 heterocycles. The Kier molecular flexibility index (Phi) is 4.08. The molecule has 0 bridgehead atoms. The van der Waals surface area contributed by atoms with Crippen molar-refractivity contribution in [3.63, 3.8) is 0 Å². The van der Waals surface area contributed by atoms with Gasteiger partial charge >= 0.3 is 0 Å². The number of aromatic nitrogens is 2. The smallest absolute Gasteiger partial charge is 0.266 e. The highest BCUT2D eigenvalue weighted by Gasteiger charge is 2.16. The summed E-state index contributed by atoms with van der Waals surface area (Å²) in [5.74, 6) is 1.10. The summed E-state index contributed by atoms with van der Waals surface area (Å²) < 4.78 is 5.13. The summed E-state index contributed by atoms with van der Waals surface area (Å²) in [4.78, 5) is 19.3. The molecular weight excluding hydrogens is 318 g/mol. The molecule has 3 rings (SSSR count). The zero-order chi connectivity index (χ0) is 15.7. The number of thiophene rings is 2. The van der Waals surface area contributed by atoms with Gasteiger partial charge in [-0.25, -0.2) is 0 Å². The molecule has 1 N–H and O–H groups in total. The van der Waals surface area contributed by atoms with Crippen molar-refractivity contribution in [1.29, 1.82) is 0 Å². The summed E-state index contributed by atoms with van der Waals surface area (Å²) in [6, 6.07) is 3.84. The van der Waals surface area contributed by atoms with Crippen LogP contribution in [0.4, 0.5) is 5.69 Å². The van der Waals surface area contributed by atoms with Gasteiger partial charge in [-0.2, -0.15) is 4.98 Å². The van der Waals surface area contributed by atoms with E-state index in [4.69, 9.17) is 4.52 Å². The van der Waals surface area contributed by atoms with Crippen LogP contribution < -0.4 is 5.32 Å². The third-order valence-electron chi connectivity index (χ3n) is 3.23. The Labute approximate surface area is 136 Å². The van der Waals surface area contributed by atoms with Gasteiger partial charge in [0.25, 0.3) is 5.91 Å². The van der Waals surface area contributed by atoms with Gasteiger partial charge in [0.2, 0.25) is 11.7 Å². The van der Waals surface area contributed by atoms with Gasteiger partial charge in [0.05, 0.1) is 15.4 Å². The lowest BCUT2D eigenvalue weighted by Gasteiger charge is -2.03. The number of aryl methyl sites for hydroxylation is 3. The molecule has 0 atom stereocenters. The van der Waals surface area contributed by atoms with Gasteiger partial charge in [0.1, 0.15) is 0 Å². The van der Waals surface area contributed by atoms with Crippen LogP contribution in [0, 0.1) is 13.8 Å². The van der Waals surface area contributed by atoms with Gasteiger partial charge in [-0.15, -0.1) is 22.7 Å². The summed E-state index contributed by atoms with van der Waals surface area (Å²) in [5, 5.41) is 8.85. The van der Waals surface area contributed by atoms with Crippen molar-refractivity contribution in [1.82, 2.24) is 10.1 Å². The van der Waals surface area contributed by atoms with E-state index in [2.05, 4.69) is 15.5 Å². The Bertz CT molecular complexity index is 816. The lowest BCUT2D eigenvalue weighted by Crippen LogP contribution is -2.11. The lowest BCUT2D eigenvalue weighted by molar-refractivity contribution is 0.103. The Morgan fingerprint density at radius 2 is 2.23 bits per heavy atom. The van der Waals surface area contributed by atoms with Crippen molar-refractivity contribution < 1.29 is 9.32 Å². The average molecular weight is 333 g/mol. The van der Waals surface area contributed by atoms with E-state index in [1.807, 2.05) is 38.3 Å². The number of nitrogens with one attached hydrogen (secondary N) is 1.